The lowest BCUT2D eigenvalue weighted by Crippen LogP contribution is -2.42. The number of methoxy groups -OCH3 is 1. The number of amides is 3. The highest BCUT2D eigenvalue weighted by Crippen LogP contribution is 2.34. The van der Waals surface area contributed by atoms with Gasteiger partial charge < -0.3 is 15.4 Å². The molecule has 3 aromatic rings. The van der Waals surface area contributed by atoms with Gasteiger partial charge in [0.05, 0.1) is 25.0 Å². The number of aliphatic imine (C=N–C) groups is 2. The molecule has 2 N–H and O–H groups in total. The van der Waals surface area contributed by atoms with E-state index in [1.54, 1.807) is 31.4 Å². The van der Waals surface area contributed by atoms with Gasteiger partial charge in [-0.2, -0.15) is 0 Å². The molecule has 0 spiro atoms. The third-order valence-corrected chi connectivity index (χ3v) is 6.88. The van der Waals surface area contributed by atoms with E-state index in [-0.39, 0.29) is 29.9 Å². The van der Waals surface area contributed by atoms with Crippen LogP contribution >= 0.6 is 11.8 Å². The van der Waals surface area contributed by atoms with Gasteiger partial charge in [-0.3, -0.25) is 19.4 Å². The number of para-hydroxylation sites is 1. The molecule has 0 radical (unpaired) electrons. The van der Waals surface area contributed by atoms with Crippen LogP contribution in [0.2, 0.25) is 0 Å². The first-order valence-corrected chi connectivity index (χ1v) is 13.0. The number of rotatable bonds is 8. The number of carbonyl (C=O) groups is 3. The van der Waals surface area contributed by atoms with Crippen LogP contribution < -0.4 is 15.4 Å². The van der Waals surface area contributed by atoms with Gasteiger partial charge in [-0.1, -0.05) is 60.3 Å². The molecular weight excluding hydrogens is 502 g/mol. The molecule has 0 saturated heterocycles. The molecule has 38 heavy (non-hydrogen) atoms. The molecule has 5 rings (SSSR count). The Hall–Kier alpha value is -4.44. The van der Waals surface area contributed by atoms with Crippen molar-refractivity contribution in [2.24, 2.45) is 9.98 Å². The highest BCUT2D eigenvalue weighted by Gasteiger charge is 2.42. The number of anilines is 1. The fraction of sp³-hybridized carbons (Fsp3) is 0.179. The van der Waals surface area contributed by atoms with Crippen LogP contribution in [0.15, 0.2) is 88.8 Å². The SMILES string of the molecule is COc1cccc(NC(=O)CSC2=Nc3ccccc3C3=NC(CC(=O)NCc4ccccc4)C(=O)N23)c1. The van der Waals surface area contributed by atoms with E-state index in [2.05, 4.69) is 20.6 Å². The molecule has 0 saturated carbocycles. The number of benzene rings is 3. The van der Waals surface area contributed by atoms with E-state index in [0.29, 0.717) is 40.2 Å². The van der Waals surface area contributed by atoms with Gasteiger partial charge in [0.25, 0.3) is 5.91 Å². The van der Waals surface area contributed by atoms with Gasteiger partial charge in [0.1, 0.15) is 17.6 Å². The van der Waals surface area contributed by atoms with E-state index in [1.807, 2.05) is 54.6 Å². The van der Waals surface area contributed by atoms with E-state index in [4.69, 9.17) is 4.74 Å². The molecule has 2 aliphatic rings. The molecular formula is C28H25N5O4S. The second kappa shape index (κ2) is 11.3. The van der Waals surface area contributed by atoms with Gasteiger partial charge in [0.15, 0.2) is 5.17 Å². The number of hydrogen-bond donors (Lipinski definition) is 2. The number of nitrogens with zero attached hydrogens (tertiary/aromatic N) is 3. The average molecular weight is 528 g/mol. The molecule has 3 amide bonds. The molecule has 0 bridgehead atoms. The predicted octanol–water partition coefficient (Wildman–Crippen LogP) is 3.73. The van der Waals surface area contributed by atoms with Crippen molar-refractivity contribution in [3.8, 4) is 5.75 Å². The van der Waals surface area contributed by atoms with Crippen LogP contribution in [0.3, 0.4) is 0 Å². The summed E-state index contributed by atoms with van der Waals surface area (Å²) < 4.78 is 5.20. The summed E-state index contributed by atoms with van der Waals surface area (Å²) in [5.41, 5.74) is 2.93. The molecule has 0 fully saturated rings. The quantitative estimate of drug-likeness (QED) is 0.464. The fourth-order valence-electron chi connectivity index (χ4n) is 4.10. The smallest absolute Gasteiger partial charge is 0.259 e. The monoisotopic (exact) mass is 527 g/mol. The number of nitrogens with one attached hydrogen (secondary N) is 2. The lowest BCUT2D eigenvalue weighted by molar-refractivity contribution is -0.128. The number of carbonyl (C=O) groups excluding carboxylic acids is 3. The third kappa shape index (κ3) is 5.60. The molecule has 0 aliphatic carbocycles. The highest BCUT2D eigenvalue weighted by molar-refractivity contribution is 8.14. The highest BCUT2D eigenvalue weighted by atomic mass is 32.2. The number of amidine groups is 2. The predicted molar refractivity (Wildman–Crippen MR) is 148 cm³/mol. The number of ether oxygens (including phenoxy) is 1. The molecule has 2 heterocycles. The topological polar surface area (TPSA) is 112 Å². The van der Waals surface area contributed by atoms with Crippen molar-refractivity contribution < 1.29 is 19.1 Å². The first kappa shape index (κ1) is 25.2. The van der Waals surface area contributed by atoms with Crippen molar-refractivity contribution in [3.05, 3.63) is 90.0 Å². The summed E-state index contributed by atoms with van der Waals surface area (Å²) in [6, 6.07) is 23.1. The maximum Gasteiger partial charge on any atom is 0.259 e. The van der Waals surface area contributed by atoms with Crippen LogP contribution in [-0.4, -0.2) is 52.5 Å². The van der Waals surface area contributed by atoms with Crippen molar-refractivity contribution in [1.29, 1.82) is 0 Å². The molecule has 192 valence electrons. The van der Waals surface area contributed by atoms with E-state index in [0.717, 1.165) is 17.3 Å². The molecule has 1 unspecified atom stereocenters. The largest absolute Gasteiger partial charge is 0.497 e. The van der Waals surface area contributed by atoms with Crippen molar-refractivity contribution in [1.82, 2.24) is 10.2 Å². The molecule has 2 aliphatic heterocycles. The van der Waals surface area contributed by atoms with Crippen LogP contribution in [-0.2, 0) is 20.9 Å². The minimum atomic E-state index is -0.872. The minimum Gasteiger partial charge on any atom is -0.497 e. The van der Waals surface area contributed by atoms with Gasteiger partial charge in [-0.15, -0.1) is 0 Å². The second-order valence-corrected chi connectivity index (χ2v) is 9.53. The zero-order chi connectivity index (χ0) is 26.5. The molecule has 0 aromatic heterocycles. The number of hydrogen-bond acceptors (Lipinski definition) is 7. The molecule has 3 aromatic carbocycles. The Morgan fingerprint density at radius 1 is 1.00 bits per heavy atom. The summed E-state index contributed by atoms with van der Waals surface area (Å²) in [4.78, 5) is 49.4. The van der Waals surface area contributed by atoms with Gasteiger partial charge >= 0.3 is 0 Å². The summed E-state index contributed by atoms with van der Waals surface area (Å²) >= 11 is 1.14. The van der Waals surface area contributed by atoms with Crippen LogP contribution in [0, 0.1) is 0 Å². The summed E-state index contributed by atoms with van der Waals surface area (Å²) in [6.45, 7) is 0.370. The van der Waals surface area contributed by atoms with Gasteiger partial charge in [-0.05, 0) is 29.8 Å². The van der Waals surface area contributed by atoms with Crippen LogP contribution in [0.4, 0.5) is 11.4 Å². The van der Waals surface area contributed by atoms with Crippen molar-refractivity contribution >= 4 is 51.9 Å². The molecule has 1 atom stereocenters. The Morgan fingerprint density at radius 3 is 2.61 bits per heavy atom. The van der Waals surface area contributed by atoms with Crippen LogP contribution in [0.25, 0.3) is 0 Å². The average Bonchev–Trinajstić information content (AvgIpc) is 3.27. The summed E-state index contributed by atoms with van der Waals surface area (Å²) in [7, 11) is 1.56. The lowest BCUT2D eigenvalue weighted by Gasteiger charge is -2.25. The first-order valence-electron chi connectivity index (χ1n) is 12.0. The van der Waals surface area contributed by atoms with Crippen molar-refractivity contribution in [3.63, 3.8) is 0 Å². The van der Waals surface area contributed by atoms with Gasteiger partial charge in [0, 0.05) is 23.9 Å². The maximum atomic E-state index is 13.4. The summed E-state index contributed by atoms with van der Waals surface area (Å²) in [5.74, 6) is 0.227. The summed E-state index contributed by atoms with van der Waals surface area (Å²) in [6.07, 6.45) is -0.0812. The van der Waals surface area contributed by atoms with Crippen LogP contribution in [0.1, 0.15) is 17.5 Å². The zero-order valence-corrected chi connectivity index (χ0v) is 21.4. The normalized spacial score (nSPS) is 15.7. The number of fused-ring (bicyclic) bond motifs is 3. The Bertz CT molecular complexity index is 1440. The summed E-state index contributed by atoms with van der Waals surface area (Å²) in [5, 5.41) is 6.03. The Kier molecular flexibility index (Phi) is 7.50. The van der Waals surface area contributed by atoms with Crippen molar-refractivity contribution in [2.45, 2.75) is 19.0 Å². The van der Waals surface area contributed by atoms with E-state index >= 15 is 0 Å². The standard InChI is InChI=1S/C28H25N5O4S/c1-37-20-11-7-10-19(14-20)30-25(35)17-38-28-32-22-13-6-5-12-21(22)26-31-23(27(36)33(26)28)15-24(34)29-16-18-8-3-2-4-9-18/h2-14,23H,15-17H2,1H3,(H,29,34)(H,30,35). The molecule has 9 nitrogen and oxygen atoms in total. The Labute approximate surface area is 224 Å². The Morgan fingerprint density at radius 2 is 1.79 bits per heavy atom. The van der Waals surface area contributed by atoms with E-state index in [9.17, 15) is 14.4 Å². The van der Waals surface area contributed by atoms with E-state index in [1.165, 1.54) is 4.90 Å². The fourth-order valence-corrected chi connectivity index (χ4v) is 4.90. The van der Waals surface area contributed by atoms with E-state index < -0.39 is 6.04 Å². The Balaban J connectivity index is 1.28. The maximum absolute atomic E-state index is 13.4. The van der Waals surface area contributed by atoms with Gasteiger partial charge in [-0.25, -0.2) is 9.89 Å². The molecule has 10 heteroatoms. The minimum absolute atomic E-state index is 0.0253. The number of thioether (sulfide) groups is 1. The first-order chi connectivity index (χ1) is 18.5. The van der Waals surface area contributed by atoms with Crippen LogP contribution in [0.5, 0.6) is 5.75 Å². The van der Waals surface area contributed by atoms with Crippen molar-refractivity contribution in [2.75, 3.05) is 18.2 Å². The van der Waals surface area contributed by atoms with Gasteiger partial charge in [0.2, 0.25) is 11.8 Å². The second-order valence-electron chi connectivity index (χ2n) is 8.59. The third-order valence-electron chi connectivity index (χ3n) is 5.94. The lowest BCUT2D eigenvalue weighted by atomic mass is 10.1. The zero-order valence-electron chi connectivity index (χ0n) is 20.6.